The molecule has 0 radical (unpaired) electrons. The predicted molar refractivity (Wildman–Crippen MR) is 101 cm³/mol. The van der Waals surface area contributed by atoms with Gasteiger partial charge in [0.25, 0.3) is 0 Å². The maximum Gasteiger partial charge on any atom is 0.109 e. The van der Waals surface area contributed by atoms with Crippen LogP contribution in [0.1, 0.15) is 5.56 Å². The lowest BCUT2D eigenvalue weighted by Gasteiger charge is -2.00. The molecule has 3 aromatic rings. The van der Waals surface area contributed by atoms with Gasteiger partial charge < -0.3 is 11.5 Å². The predicted octanol–water partition coefficient (Wildman–Crippen LogP) is 5.99. The SMILES string of the molecule is Cc1ccc(N=Nc2ccc(N=Nc3ccc(N)cc3N)cc2)cc1. The summed E-state index contributed by atoms with van der Waals surface area (Å²) in [6.45, 7) is 2.03. The Balaban J connectivity index is 1.69. The van der Waals surface area contributed by atoms with Crippen LogP contribution in [0.2, 0.25) is 0 Å². The van der Waals surface area contributed by atoms with Crippen molar-refractivity contribution < 1.29 is 0 Å². The Morgan fingerprint density at radius 1 is 0.600 bits per heavy atom. The first-order valence-corrected chi connectivity index (χ1v) is 7.75. The summed E-state index contributed by atoms with van der Waals surface area (Å²) in [6, 6.07) is 20.3. The van der Waals surface area contributed by atoms with E-state index in [0.717, 1.165) is 11.4 Å². The van der Waals surface area contributed by atoms with Gasteiger partial charge in [-0.25, -0.2) is 0 Å². The molecule has 0 aliphatic heterocycles. The molecule has 0 atom stereocenters. The fourth-order valence-corrected chi connectivity index (χ4v) is 2.09. The van der Waals surface area contributed by atoms with Gasteiger partial charge in [-0.2, -0.15) is 15.3 Å². The number of aryl methyl sites for hydroxylation is 1. The summed E-state index contributed by atoms with van der Waals surface area (Å²) in [7, 11) is 0. The number of nitrogens with two attached hydrogens (primary N) is 2. The van der Waals surface area contributed by atoms with Crippen LogP contribution < -0.4 is 11.5 Å². The third kappa shape index (κ3) is 4.48. The molecule has 6 heteroatoms. The number of benzene rings is 3. The van der Waals surface area contributed by atoms with Gasteiger partial charge in [0, 0.05) is 5.69 Å². The molecule has 4 N–H and O–H groups in total. The van der Waals surface area contributed by atoms with E-state index in [4.69, 9.17) is 11.5 Å². The van der Waals surface area contributed by atoms with Crippen LogP contribution in [0.15, 0.2) is 87.2 Å². The Kier molecular flexibility index (Phi) is 4.80. The normalized spacial score (nSPS) is 11.4. The van der Waals surface area contributed by atoms with Crippen molar-refractivity contribution >= 4 is 34.1 Å². The van der Waals surface area contributed by atoms with Crippen LogP contribution in [0.25, 0.3) is 0 Å². The van der Waals surface area contributed by atoms with Crippen LogP contribution >= 0.6 is 0 Å². The molecule has 0 fully saturated rings. The van der Waals surface area contributed by atoms with Gasteiger partial charge in [-0.05, 0) is 61.5 Å². The van der Waals surface area contributed by atoms with E-state index >= 15 is 0 Å². The highest BCUT2D eigenvalue weighted by atomic mass is 15.1. The van der Waals surface area contributed by atoms with Crippen LogP contribution in [0, 0.1) is 6.92 Å². The maximum absolute atomic E-state index is 5.85. The first-order valence-electron chi connectivity index (χ1n) is 7.75. The Morgan fingerprint density at radius 2 is 1.08 bits per heavy atom. The first-order chi connectivity index (χ1) is 12.1. The van der Waals surface area contributed by atoms with Gasteiger partial charge in [0.2, 0.25) is 0 Å². The van der Waals surface area contributed by atoms with Crippen molar-refractivity contribution in [3.63, 3.8) is 0 Å². The average molecular weight is 330 g/mol. The molecule has 3 rings (SSSR count). The molecule has 0 heterocycles. The topological polar surface area (TPSA) is 101 Å². The van der Waals surface area contributed by atoms with Gasteiger partial charge in [0.1, 0.15) is 5.69 Å². The Bertz CT molecular complexity index is 912. The second-order valence-corrected chi connectivity index (χ2v) is 5.57. The van der Waals surface area contributed by atoms with E-state index < -0.39 is 0 Å². The molecule has 0 aliphatic carbocycles. The Morgan fingerprint density at radius 3 is 1.60 bits per heavy atom. The molecule has 0 aliphatic rings. The van der Waals surface area contributed by atoms with Gasteiger partial charge in [-0.15, -0.1) is 5.11 Å². The highest BCUT2D eigenvalue weighted by Gasteiger charge is 1.98. The third-order valence-corrected chi connectivity index (χ3v) is 3.49. The highest BCUT2D eigenvalue weighted by Crippen LogP contribution is 2.27. The van der Waals surface area contributed by atoms with Crippen LogP contribution in [-0.4, -0.2) is 0 Å². The Hall–Kier alpha value is -3.54. The summed E-state index contributed by atoms with van der Waals surface area (Å²) in [5.74, 6) is 0. The molecule has 0 unspecified atom stereocenters. The fraction of sp³-hybridized carbons (Fsp3) is 0.0526. The lowest BCUT2D eigenvalue weighted by Crippen LogP contribution is -1.89. The van der Waals surface area contributed by atoms with E-state index in [1.54, 1.807) is 18.2 Å². The minimum Gasteiger partial charge on any atom is -0.399 e. The lowest BCUT2D eigenvalue weighted by molar-refractivity contribution is 1.21. The summed E-state index contributed by atoms with van der Waals surface area (Å²) >= 11 is 0. The minimum absolute atomic E-state index is 0.493. The maximum atomic E-state index is 5.85. The van der Waals surface area contributed by atoms with Gasteiger partial charge in [-0.3, -0.25) is 0 Å². The van der Waals surface area contributed by atoms with Crippen LogP contribution in [0.5, 0.6) is 0 Å². The number of hydrogen-bond donors (Lipinski definition) is 2. The zero-order chi connectivity index (χ0) is 17.6. The lowest BCUT2D eigenvalue weighted by atomic mass is 10.2. The summed E-state index contributed by atoms with van der Waals surface area (Å²) in [5, 5.41) is 16.7. The van der Waals surface area contributed by atoms with E-state index in [2.05, 4.69) is 20.5 Å². The number of nitrogens with zero attached hydrogens (tertiary/aromatic N) is 4. The van der Waals surface area contributed by atoms with E-state index in [0.29, 0.717) is 22.7 Å². The van der Waals surface area contributed by atoms with Crippen molar-refractivity contribution in [2.75, 3.05) is 11.5 Å². The number of nitrogen functional groups attached to an aromatic ring is 2. The molecule has 0 amide bonds. The number of rotatable bonds is 4. The molecule has 25 heavy (non-hydrogen) atoms. The van der Waals surface area contributed by atoms with E-state index in [1.165, 1.54) is 5.56 Å². The fourth-order valence-electron chi connectivity index (χ4n) is 2.09. The highest BCUT2D eigenvalue weighted by molar-refractivity contribution is 5.67. The second kappa shape index (κ2) is 7.35. The monoisotopic (exact) mass is 330 g/mol. The van der Waals surface area contributed by atoms with Crippen molar-refractivity contribution in [1.29, 1.82) is 0 Å². The second-order valence-electron chi connectivity index (χ2n) is 5.57. The molecular weight excluding hydrogens is 312 g/mol. The number of azo groups is 2. The van der Waals surface area contributed by atoms with Gasteiger partial charge in [0.15, 0.2) is 0 Å². The van der Waals surface area contributed by atoms with Crippen LogP contribution in [0.4, 0.5) is 34.1 Å². The van der Waals surface area contributed by atoms with Gasteiger partial charge in [0.05, 0.1) is 22.7 Å². The molecule has 0 bridgehead atoms. The summed E-state index contributed by atoms with van der Waals surface area (Å²) < 4.78 is 0. The number of anilines is 2. The van der Waals surface area contributed by atoms with Crippen LogP contribution in [0.3, 0.4) is 0 Å². The molecule has 6 nitrogen and oxygen atoms in total. The van der Waals surface area contributed by atoms with Crippen molar-refractivity contribution in [3.8, 4) is 0 Å². The molecule has 0 aromatic heterocycles. The van der Waals surface area contributed by atoms with E-state index in [1.807, 2.05) is 55.5 Å². The third-order valence-electron chi connectivity index (χ3n) is 3.49. The van der Waals surface area contributed by atoms with E-state index in [-0.39, 0.29) is 0 Å². The zero-order valence-electron chi connectivity index (χ0n) is 13.8. The largest absolute Gasteiger partial charge is 0.399 e. The zero-order valence-corrected chi connectivity index (χ0v) is 13.8. The quantitative estimate of drug-likeness (QED) is 0.453. The molecular formula is C19H18N6. The van der Waals surface area contributed by atoms with Crippen molar-refractivity contribution in [1.82, 2.24) is 0 Å². The average Bonchev–Trinajstić information content (AvgIpc) is 2.61. The molecule has 0 spiro atoms. The summed E-state index contributed by atoms with van der Waals surface area (Å²) in [4.78, 5) is 0. The number of hydrogen-bond acceptors (Lipinski definition) is 6. The summed E-state index contributed by atoms with van der Waals surface area (Å²) in [5.41, 5.74) is 16.6. The molecule has 0 saturated carbocycles. The molecule has 0 saturated heterocycles. The first kappa shape index (κ1) is 16.3. The smallest absolute Gasteiger partial charge is 0.109 e. The molecule has 124 valence electrons. The van der Waals surface area contributed by atoms with E-state index in [9.17, 15) is 0 Å². The van der Waals surface area contributed by atoms with Crippen LogP contribution in [-0.2, 0) is 0 Å². The van der Waals surface area contributed by atoms with Crippen molar-refractivity contribution in [2.24, 2.45) is 20.5 Å². The Labute approximate surface area is 145 Å². The van der Waals surface area contributed by atoms with Gasteiger partial charge in [-0.1, -0.05) is 17.7 Å². The minimum atomic E-state index is 0.493. The molecule has 3 aromatic carbocycles. The van der Waals surface area contributed by atoms with Gasteiger partial charge >= 0.3 is 0 Å². The summed E-state index contributed by atoms with van der Waals surface area (Å²) in [6.07, 6.45) is 0. The standard InChI is InChI=1S/C19H18N6/c1-13-2-5-15(6-3-13)22-23-16-7-9-17(10-8-16)24-25-19-11-4-14(20)12-18(19)21/h2-12H,20-21H2,1H3. The van der Waals surface area contributed by atoms with Crippen molar-refractivity contribution in [2.45, 2.75) is 6.92 Å². The van der Waals surface area contributed by atoms with Crippen molar-refractivity contribution in [3.05, 3.63) is 72.3 Å².